The van der Waals surface area contributed by atoms with E-state index in [0.29, 0.717) is 12.5 Å². The van der Waals surface area contributed by atoms with Gasteiger partial charge in [-0.2, -0.15) is 0 Å². The molecule has 2 aromatic heterocycles. The predicted octanol–water partition coefficient (Wildman–Crippen LogP) is 3.93. The molecule has 0 aliphatic rings. The van der Waals surface area contributed by atoms with Gasteiger partial charge in [0, 0.05) is 18.0 Å². The first-order chi connectivity index (χ1) is 10.2. The maximum Gasteiger partial charge on any atom is 0.241 e. The van der Waals surface area contributed by atoms with Crippen LogP contribution in [-0.4, -0.2) is 9.97 Å². The normalized spacial score (nSPS) is 10.6. The van der Waals surface area contributed by atoms with Gasteiger partial charge in [0.2, 0.25) is 5.88 Å². The van der Waals surface area contributed by atoms with Crippen molar-refractivity contribution in [2.45, 2.75) is 20.5 Å². The van der Waals surface area contributed by atoms with Crippen LogP contribution in [0.5, 0.6) is 5.88 Å². The van der Waals surface area contributed by atoms with Gasteiger partial charge in [0.1, 0.15) is 18.1 Å². The van der Waals surface area contributed by atoms with E-state index < -0.39 is 0 Å². The number of furan rings is 1. The predicted molar refractivity (Wildman–Crippen MR) is 80.0 cm³/mol. The Kier molecular flexibility index (Phi) is 3.69. The highest BCUT2D eigenvalue weighted by Crippen LogP contribution is 2.27. The highest BCUT2D eigenvalue weighted by molar-refractivity contribution is 5.65. The minimum atomic E-state index is 0.337. The molecular formula is C17H16N2O2. The molecule has 0 saturated carbocycles. The van der Waals surface area contributed by atoms with Crippen LogP contribution >= 0.6 is 0 Å². The summed E-state index contributed by atoms with van der Waals surface area (Å²) >= 11 is 0. The molecule has 2 heterocycles. The van der Waals surface area contributed by atoms with Crippen molar-refractivity contribution in [3.63, 3.8) is 0 Å². The number of nitrogens with zero attached hydrogens (tertiary/aromatic N) is 2. The van der Waals surface area contributed by atoms with Crippen LogP contribution in [0.25, 0.3) is 11.3 Å². The van der Waals surface area contributed by atoms with E-state index in [1.54, 1.807) is 18.7 Å². The quantitative estimate of drug-likeness (QED) is 0.726. The largest absolute Gasteiger partial charge is 0.468 e. The first-order valence-corrected chi connectivity index (χ1v) is 6.78. The number of benzene rings is 1. The van der Waals surface area contributed by atoms with E-state index in [1.807, 2.05) is 18.2 Å². The lowest BCUT2D eigenvalue weighted by Crippen LogP contribution is -1.99. The summed E-state index contributed by atoms with van der Waals surface area (Å²) in [5, 5.41) is 0. The van der Waals surface area contributed by atoms with Crippen molar-refractivity contribution in [1.29, 1.82) is 0 Å². The minimum Gasteiger partial charge on any atom is -0.468 e. The fraction of sp³-hybridized carbons (Fsp3) is 0.176. The van der Waals surface area contributed by atoms with Crippen molar-refractivity contribution in [3.05, 3.63) is 65.9 Å². The molecule has 0 saturated heterocycles. The van der Waals surface area contributed by atoms with Gasteiger partial charge >= 0.3 is 0 Å². The molecule has 21 heavy (non-hydrogen) atoms. The summed E-state index contributed by atoms with van der Waals surface area (Å²) in [6.07, 6.45) is 4.92. The van der Waals surface area contributed by atoms with Gasteiger partial charge in [-0.1, -0.05) is 12.1 Å². The molecule has 0 atom stereocenters. The number of rotatable bonds is 4. The molecule has 1 aromatic carbocycles. The summed E-state index contributed by atoms with van der Waals surface area (Å²) in [4.78, 5) is 8.68. The van der Waals surface area contributed by atoms with E-state index in [0.717, 1.165) is 17.0 Å². The number of hydrogen-bond acceptors (Lipinski definition) is 4. The van der Waals surface area contributed by atoms with Crippen LogP contribution in [0.2, 0.25) is 0 Å². The van der Waals surface area contributed by atoms with Gasteiger partial charge in [0.25, 0.3) is 0 Å². The van der Waals surface area contributed by atoms with E-state index in [9.17, 15) is 0 Å². The second kappa shape index (κ2) is 5.79. The number of aromatic nitrogens is 2. The molecule has 0 amide bonds. The van der Waals surface area contributed by atoms with Gasteiger partial charge in [-0.05, 0) is 43.2 Å². The van der Waals surface area contributed by atoms with Gasteiger partial charge < -0.3 is 9.15 Å². The third-order valence-corrected chi connectivity index (χ3v) is 3.38. The van der Waals surface area contributed by atoms with Crippen molar-refractivity contribution in [3.8, 4) is 17.1 Å². The molecule has 106 valence electrons. The van der Waals surface area contributed by atoms with Crippen molar-refractivity contribution in [2.75, 3.05) is 0 Å². The van der Waals surface area contributed by atoms with Crippen molar-refractivity contribution in [2.24, 2.45) is 0 Å². The number of aryl methyl sites for hydroxylation is 2. The lowest BCUT2D eigenvalue weighted by Gasteiger charge is -2.09. The highest BCUT2D eigenvalue weighted by atomic mass is 16.5. The lowest BCUT2D eigenvalue weighted by atomic mass is 10.0. The Balaban J connectivity index is 1.89. The maximum atomic E-state index is 5.74. The third-order valence-electron chi connectivity index (χ3n) is 3.38. The Morgan fingerprint density at radius 1 is 1.05 bits per heavy atom. The summed E-state index contributed by atoms with van der Waals surface area (Å²) in [7, 11) is 0. The average molecular weight is 280 g/mol. The highest BCUT2D eigenvalue weighted by Gasteiger charge is 2.10. The standard InChI is InChI=1S/C17H16N2O2/c1-12-5-6-14(10-13(12)2)16-17(19-8-7-18-16)21-11-15-4-3-9-20-15/h3-10H,11H2,1-2H3. The Bertz CT molecular complexity index is 736. The fourth-order valence-corrected chi connectivity index (χ4v) is 2.05. The molecule has 0 spiro atoms. The molecule has 0 aliphatic carbocycles. The lowest BCUT2D eigenvalue weighted by molar-refractivity contribution is 0.261. The molecule has 0 N–H and O–H groups in total. The van der Waals surface area contributed by atoms with E-state index >= 15 is 0 Å². The Morgan fingerprint density at radius 2 is 1.90 bits per heavy atom. The van der Waals surface area contributed by atoms with E-state index in [4.69, 9.17) is 9.15 Å². The van der Waals surface area contributed by atoms with Crippen LogP contribution in [0.15, 0.2) is 53.4 Å². The summed E-state index contributed by atoms with van der Waals surface area (Å²) in [6.45, 7) is 4.51. The van der Waals surface area contributed by atoms with E-state index in [1.165, 1.54) is 11.1 Å². The molecule has 4 heteroatoms. The van der Waals surface area contributed by atoms with Crippen LogP contribution in [-0.2, 0) is 6.61 Å². The number of ether oxygens (including phenoxy) is 1. The van der Waals surface area contributed by atoms with E-state index in [2.05, 4.69) is 35.9 Å². The van der Waals surface area contributed by atoms with Gasteiger partial charge in [-0.25, -0.2) is 9.97 Å². The smallest absolute Gasteiger partial charge is 0.241 e. The topological polar surface area (TPSA) is 48.2 Å². The number of hydrogen-bond donors (Lipinski definition) is 0. The van der Waals surface area contributed by atoms with Gasteiger partial charge in [-0.3, -0.25) is 0 Å². The molecule has 0 fully saturated rings. The SMILES string of the molecule is Cc1ccc(-c2nccnc2OCc2ccco2)cc1C. The second-order valence-corrected chi connectivity index (χ2v) is 4.88. The molecule has 3 rings (SSSR count). The van der Waals surface area contributed by atoms with Crippen molar-refractivity contribution < 1.29 is 9.15 Å². The Labute approximate surface area is 123 Å². The molecule has 4 nitrogen and oxygen atoms in total. The Morgan fingerprint density at radius 3 is 2.67 bits per heavy atom. The first kappa shape index (κ1) is 13.4. The second-order valence-electron chi connectivity index (χ2n) is 4.88. The van der Waals surface area contributed by atoms with Crippen molar-refractivity contribution in [1.82, 2.24) is 9.97 Å². The maximum absolute atomic E-state index is 5.74. The molecule has 0 unspecified atom stereocenters. The molecular weight excluding hydrogens is 264 g/mol. The monoisotopic (exact) mass is 280 g/mol. The van der Waals surface area contributed by atoms with Crippen LogP contribution in [0.3, 0.4) is 0 Å². The van der Waals surface area contributed by atoms with Gasteiger partial charge in [-0.15, -0.1) is 0 Å². The van der Waals surface area contributed by atoms with Crippen LogP contribution in [0.1, 0.15) is 16.9 Å². The summed E-state index contributed by atoms with van der Waals surface area (Å²) < 4.78 is 11.0. The third kappa shape index (κ3) is 2.94. The molecule has 3 aromatic rings. The molecule has 0 bridgehead atoms. The first-order valence-electron chi connectivity index (χ1n) is 6.78. The minimum absolute atomic E-state index is 0.337. The van der Waals surface area contributed by atoms with Gasteiger partial charge in [0.15, 0.2) is 0 Å². The van der Waals surface area contributed by atoms with Gasteiger partial charge in [0.05, 0.1) is 6.26 Å². The average Bonchev–Trinajstić information content (AvgIpc) is 3.02. The zero-order valence-electron chi connectivity index (χ0n) is 12.0. The van der Waals surface area contributed by atoms with E-state index in [-0.39, 0.29) is 0 Å². The van der Waals surface area contributed by atoms with Crippen molar-refractivity contribution >= 4 is 0 Å². The fourth-order valence-electron chi connectivity index (χ4n) is 2.05. The summed E-state index contributed by atoms with van der Waals surface area (Å²) in [5.41, 5.74) is 4.21. The summed E-state index contributed by atoms with van der Waals surface area (Å²) in [5.74, 6) is 1.27. The zero-order chi connectivity index (χ0) is 14.7. The molecule has 0 radical (unpaired) electrons. The zero-order valence-corrected chi connectivity index (χ0v) is 12.0. The Hall–Kier alpha value is -2.62. The molecule has 0 aliphatic heterocycles. The van der Waals surface area contributed by atoms with Crippen LogP contribution in [0, 0.1) is 13.8 Å². The van der Waals surface area contributed by atoms with Crippen LogP contribution < -0.4 is 4.74 Å². The summed E-state index contributed by atoms with van der Waals surface area (Å²) in [6, 6.07) is 9.91. The van der Waals surface area contributed by atoms with Crippen LogP contribution in [0.4, 0.5) is 0 Å².